The van der Waals surface area contributed by atoms with Gasteiger partial charge >= 0.3 is 0 Å². The molecule has 2 aromatic rings. The molecule has 36 heavy (non-hydrogen) atoms. The maximum Gasteiger partial charge on any atom is 0.0408 e. The Bertz CT molecular complexity index is 963. The maximum absolute atomic E-state index is 6.38. The summed E-state index contributed by atoms with van der Waals surface area (Å²) in [7, 11) is 2.08. The van der Waals surface area contributed by atoms with Crippen molar-refractivity contribution in [1.82, 2.24) is 16.0 Å². The highest BCUT2D eigenvalue weighted by atomic mass is 35.5. The van der Waals surface area contributed by atoms with E-state index >= 15 is 0 Å². The molecule has 3 rings (SSSR count). The van der Waals surface area contributed by atoms with E-state index in [-0.39, 0.29) is 5.92 Å². The summed E-state index contributed by atoms with van der Waals surface area (Å²) in [4.78, 5) is 0. The minimum Gasteiger partial charge on any atom is -0.389 e. The van der Waals surface area contributed by atoms with Gasteiger partial charge in [-0.25, -0.2) is 0 Å². The zero-order valence-electron chi connectivity index (χ0n) is 22.4. The number of rotatable bonds is 15. The quantitative estimate of drug-likeness (QED) is 0.214. The Hall–Kier alpha value is -2.23. The van der Waals surface area contributed by atoms with Gasteiger partial charge in [0.15, 0.2) is 0 Å². The molecule has 0 saturated heterocycles. The Balaban J connectivity index is 1.66. The van der Waals surface area contributed by atoms with Crippen LogP contribution in [-0.4, -0.2) is 26.2 Å². The lowest BCUT2D eigenvalue weighted by molar-refractivity contribution is 0.302. The van der Waals surface area contributed by atoms with Crippen molar-refractivity contribution in [2.45, 2.75) is 76.7 Å². The number of hydrogen-bond donors (Lipinski definition) is 3. The average Bonchev–Trinajstić information content (AvgIpc) is 2.91. The molecular formula is C32H46ClN3. The minimum atomic E-state index is 0.282. The lowest BCUT2D eigenvalue weighted by atomic mass is 9.85. The predicted octanol–water partition coefficient (Wildman–Crippen LogP) is 7.88. The molecule has 2 aromatic carbocycles. The number of nitrogens with one attached hydrogen (secondary N) is 3. The third kappa shape index (κ3) is 9.01. The van der Waals surface area contributed by atoms with E-state index in [0.29, 0.717) is 6.04 Å². The van der Waals surface area contributed by atoms with Crippen LogP contribution in [0.4, 0.5) is 0 Å². The van der Waals surface area contributed by atoms with Crippen molar-refractivity contribution in [2.75, 3.05) is 20.1 Å². The highest BCUT2D eigenvalue weighted by Crippen LogP contribution is 2.32. The fraction of sp³-hybridized carbons (Fsp3) is 0.500. The summed E-state index contributed by atoms with van der Waals surface area (Å²) in [6, 6.07) is 17.6. The average molecular weight is 508 g/mol. The van der Waals surface area contributed by atoms with Crippen molar-refractivity contribution < 1.29 is 0 Å². The van der Waals surface area contributed by atoms with E-state index in [9.17, 15) is 0 Å². The molecular weight excluding hydrogens is 462 g/mol. The molecule has 0 radical (unpaired) electrons. The molecule has 3 nitrogen and oxygen atoms in total. The van der Waals surface area contributed by atoms with Crippen molar-refractivity contribution in [3.63, 3.8) is 0 Å². The van der Waals surface area contributed by atoms with Crippen molar-refractivity contribution >= 4 is 17.3 Å². The van der Waals surface area contributed by atoms with Crippen LogP contribution in [0.2, 0.25) is 5.02 Å². The molecule has 0 spiro atoms. The van der Waals surface area contributed by atoms with Gasteiger partial charge in [-0.15, -0.1) is 0 Å². The van der Waals surface area contributed by atoms with E-state index in [1.54, 1.807) is 0 Å². The molecule has 196 valence electrons. The molecule has 0 aliphatic heterocycles. The molecule has 1 unspecified atom stereocenters. The minimum absolute atomic E-state index is 0.282. The van der Waals surface area contributed by atoms with Gasteiger partial charge in [0.05, 0.1) is 0 Å². The van der Waals surface area contributed by atoms with E-state index in [2.05, 4.69) is 85.5 Å². The Morgan fingerprint density at radius 2 is 1.72 bits per heavy atom. The first-order valence-corrected chi connectivity index (χ1v) is 14.3. The van der Waals surface area contributed by atoms with Gasteiger partial charge in [0.25, 0.3) is 0 Å². The maximum atomic E-state index is 6.38. The van der Waals surface area contributed by atoms with Crippen LogP contribution >= 0.6 is 11.6 Å². The second kappa shape index (κ2) is 15.1. The van der Waals surface area contributed by atoms with Crippen molar-refractivity contribution in [3.05, 3.63) is 89.1 Å². The van der Waals surface area contributed by atoms with Crippen LogP contribution in [-0.2, 0) is 0 Å². The number of hydrogen-bond acceptors (Lipinski definition) is 3. The molecule has 1 fully saturated rings. The van der Waals surface area contributed by atoms with E-state index in [1.807, 2.05) is 6.07 Å². The molecule has 0 bridgehead atoms. The molecule has 1 aliphatic carbocycles. The van der Waals surface area contributed by atoms with Crippen molar-refractivity contribution in [1.29, 1.82) is 0 Å². The van der Waals surface area contributed by atoms with Crippen LogP contribution < -0.4 is 16.0 Å². The third-order valence-corrected chi connectivity index (χ3v) is 7.91. The van der Waals surface area contributed by atoms with E-state index in [0.717, 1.165) is 60.3 Å². The van der Waals surface area contributed by atoms with Gasteiger partial charge in [-0.2, -0.15) is 0 Å². The Labute approximate surface area is 224 Å². The largest absolute Gasteiger partial charge is 0.389 e. The SMILES string of the molecule is C=C(CC)NCCCC(c1cccc(Cl)c1)c1cccc(C(=C)NC[C@H](CC2CCCCC2)NC)c1. The first-order valence-electron chi connectivity index (χ1n) is 13.9. The highest BCUT2D eigenvalue weighted by molar-refractivity contribution is 6.30. The van der Waals surface area contributed by atoms with Crippen LogP contribution in [0.3, 0.4) is 0 Å². The number of halogens is 1. The molecule has 0 aromatic heterocycles. The van der Waals surface area contributed by atoms with Gasteiger partial charge < -0.3 is 16.0 Å². The fourth-order valence-electron chi connectivity index (χ4n) is 5.37. The smallest absolute Gasteiger partial charge is 0.0408 e. The number of likely N-dealkylation sites (N-methyl/N-ethyl adjacent to an activating group) is 1. The van der Waals surface area contributed by atoms with Crippen LogP contribution in [0.25, 0.3) is 5.70 Å². The first-order chi connectivity index (χ1) is 17.5. The highest BCUT2D eigenvalue weighted by Gasteiger charge is 2.19. The summed E-state index contributed by atoms with van der Waals surface area (Å²) in [6.07, 6.45) is 11.3. The second-order valence-electron chi connectivity index (χ2n) is 10.3. The van der Waals surface area contributed by atoms with Gasteiger partial charge in [-0.3, -0.25) is 0 Å². The lowest BCUT2D eigenvalue weighted by Crippen LogP contribution is -2.37. The van der Waals surface area contributed by atoms with Crippen LogP contribution in [0.15, 0.2) is 67.4 Å². The molecule has 1 saturated carbocycles. The van der Waals surface area contributed by atoms with Gasteiger partial charge in [-0.05, 0) is 73.5 Å². The Morgan fingerprint density at radius 3 is 2.42 bits per heavy atom. The topological polar surface area (TPSA) is 36.1 Å². The summed E-state index contributed by atoms with van der Waals surface area (Å²) in [5, 5.41) is 11.4. The van der Waals surface area contributed by atoms with Gasteiger partial charge in [-0.1, -0.05) is 94.1 Å². The Morgan fingerprint density at radius 1 is 1.00 bits per heavy atom. The molecule has 0 amide bonds. The normalized spacial score (nSPS) is 15.8. The lowest BCUT2D eigenvalue weighted by Gasteiger charge is -2.27. The summed E-state index contributed by atoms with van der Waals surface area (Å²) in [6.45, 7) is 12.4. The second-order valence-corrected chi connectivity index (χ2v) is 10.8. The van der Waals surface area contributed by atoms with E-state index in [4.69, 9.17) is 11.6 Å². The molecule has 4 heteroatoms. The van der Waals surface area contributed by atoms with Gasteiger partial charge in [0.2, 0.25) is 0 Å². The Kier molecular flexibility index (Phi) is 11.9. The third-order valence-electron chi connectivity index (χ3n) is 7.67. The van der Waals surface area contributed by atoms with Crippen LogP contribution in [0.1, 0.15) is 87.3 Å². The standard InChI is InChI=1S/C32H46ClN3/c1-5-24(2)35-19-11-18-32(29-16-10-17-30(33)22-29)28-15-9-14-27(21-28)25(3)36-23-31(34-4)20-26-12-7-6-8-13-26/h9-10,14-17,21-22,26,31-32,34-36H,2-3,5-8,11-13,18-20,23H2,1,4H3/t31-,32?/m0/s1. The van der Waals surface area contributed by atoms with Crippen molar-refractivity contribution in [3.8, 4) is 0 Å². The molecule has 1 aliphatic rings. The zero-order chi connectivity index (χ0) is 25.8. The number of allylic oxidation sites excluding steroid dienone is 1. The molecule has 3 N–H and O–H groups in total. The molecule has 0 heterocycles. The van der Waals surface area contributed by atoms with E-state index in [1.165, 1.54) is 49.7 Å². The summed E-state index contributed by atoms with van der Waals surface area (Å²) >= 11 is 6.38. The zero-order valence-corrected chi connectivity index (χ0v) is 23.2. The number of benzene rings is 2. The summed E-state index contributed by atoms with van der Waals surface area (Å²) in [5.74, 6) is 1.14. The van der Waals surface area contributed by atoms with Crippen molar-refractivity contribution in [2.24, 2.45) is 5.92 Å². The molecule has 2 atom stereocenters. The van der Waals surface area contributed by atoms with Crippen LogP contribution in [0.5, 0.6) is 0 Å². The van der Waals surface area contributed by atoms with E-state index < -0.39 is 0 Å². The predicted molar refractivity (Wildman–Crippen MR) is 157 cm³/mol. The fourth-order valence-corrected chi connectivity index (χ4v) is 5.56. The monoisotopic (exact) mass is 507 g/mol. The summed E-state index contributed by atoms with van der Waals surface area (Å²) < 4.78 is 0. The van der Waals surface area contributed by atoms with Gasteiger partial charge in [0, 0.05) is 41.5 Å². The van der Waals surface area contributed by atoms with Gasteiger partial charge in [0.1, 0.15) is 0 Å². The van der Waals surface area contributed by atoms with Crippen LogP contribution in [0, 0.1) is 5.92 Å². The first kappa shape index (κ1) is 28.3. The summed E-state index contributed by atoms with van der Waals surface area (Å²) in [5.41, 5.74) is 5.81.